The van der Waals surface area contributed by atoms with Gasteiger partial charge in [-0.3, -0.25) is 0 Å². The molecule has 156 valence electrons. The Hall–Kier alpha value is -2.76. The molecule has 0 aliphatic rings. The average molecular weight is 397 g/mol. The van der Waals surface area contributed by atoms with Crippen molar-refractivity contribution in [2.24, 2.45) is 0 Å². The monoisotopic (exact) mass is 396 g/mol. The summed E-state index contributed by atoms with van der Waals surface area (Å²) in [5.74, 6) is 2.67. The van der Waals surface area contributed by atoms with Gasteiger partial charge >= 0.3 is 0 Å². The molecule has 0 bridgehead atoms. The second-order valence-electron chi connectivity index (χ2n) is 7.22. The number of anilines is 1. The van der Waals surface area contributed by atoms with Crippen LogP contribution in [0.2, 0.25) is 0 Å². The van der Waals surface area contributed by atoms with Gasteiger partial charge in [0.2, 0.25) is 0 Å². The molecule has 0 aliphatic carbocycles. The lowest BCUT2D eigenvalue weighted by molar-refractivity contribution is 0.395. The average Bonchev–Trinajstić information content (AvgIpc) is 3.11. The highest BCUT2D eigenvalue weighted by atomic mass is 16.5. The number of imidazole rings is 1. The number of hydrogen-bond acceptors (Lipinski definition) is 5. The van der Waals surface area contributed by atoms with Gasteiger partial charge < -0.3 is 14.4 Å². The smallest absolute Gasteiger partial charge is 0.164 e. The Bertz CT molecular complexity index is 975. The number of rotatable bonds is 9. The Labute approximate surface area is 173 Å². The predicted molar refractivity (Wildman–Crippen MR) is 118 cm³/mol. The van der Waals surface area contributed by atoms with Crippen LogP contribution in [0.5, 0.6) is 11.5 Å². The number of hydrogen-bond donors (Lipinski definition) is 0. The first-order chi connectivity index (χ1) is 14.1. The van der Waals surface area contributed by atoms with Gasteiger partial charge in [-0.05, 0) is 43.9 Å². The lowest BCUT2D eigenvalue weighted by Gasteiger charge is -2.23. The van der Waals surface area contributed by atoms with Crippen LogP contribution in [0.15, 0.2) is 24.4 Å². The second kappa shape index (κ2) is 9.16. The van der Waals surface area contributed by atoms with Crippen molar-refractivity contribution in [2.75, 3.05) is 32.2 Å². The number of benzene rings is 1. The molecular formula is C23H32N4O2. The first kappa shape index (κ1) is 21.0. The number of aromatic nitrogens is 3. The van der Waals surface area contributed by atoms with E-state index in [1.807, 2.05) is 28.9 Å². The van der Waals surface area contributed by atoms with Gasteiger partial charge in [-0.15, -0.1) is 0 Å². The largest absolute Gasteiger partial charge is 0.497 e. The van der Waals surface area contributed by atoms with Gasteiger partial charge in [0, 0.05) is 36.5 Å². The fraction of sp³-hybridized carbons (Fsp3) is 0.478. The first-order valence-corrected chi connectivity index (χ1v) is 10.4. The van der Waals surface area contributed by atoms with Crippen molar-refractivity contribution in [2.45, 2.75) is 47.0 Å². The minimum absolute atomic E-state index is 0.775. The van der Waals surface area contributed by atoms with Crippen LogP contribution in [0.1, 0.15) is 44.9 Å². The minimum atomic E-state index is 0.775. The van der Waals surface area contributed by atoms with E-state index in [0.717, 1.165) is 77.7 Å². The summed E-state index contributed by atoms with van der Waals surface area (Å²) in [6.45, 7) is 10.6. The van der Waals surface area contributed by atoms with Gasteiger partial charge in [0.25, 0.3) is 0 Å². The third kappa shape index (κ3) is 3.88. The van der Waals surface area contributed by atoms with E-state index in [2.05, 4.69) is 37.7 Å². The summed E-state index contributed by atoms with van der Waals surface area (Å²) in [7, 11) is 3.36. The topological polar surface area (TPSA) is 51.9 Å². The molecule has 3 aromatic rings. The molecule has 0 atom stereocenters. The summed E-state index contributed by atoms with van der Waals surface area (Å²) >= 11 is 0. The second-order valence-corrected chi connectivity index (χ2v) is 7.22. The highest BCUT2D eigenvalue weighted by Crippen LogP contribution is 2.39. The van der Waals surface area contributed by atoms with E-state index in [0.29, 0.717) is 0 Å². The molecule has 0 N–H and O–H groups in total. The minimum Gasteiger partial charge on any atom is -0.497 e. The summed E-state index contributed by atoms with van der Waals surface area (Å²) < 4.78 is 13.1. The third-order valence-electron chi connectivity index (χ3n) is 5.18. The summed E-state index contributed by atoms with van der Waals surface area (Å²) in [6.07, 6.45) is 4.88. The molecule has 2 aromatic heterocycles. The molecule has 0 unspecified atom stereocenters. The fourth-order valence-electron chi connectivity index (χ4n) is 3.94. The summed E-state index contributed by atoms with van der Waals surface area (Å²) in [4.78, 5) is 7.43. The number of nitrogens with zero attached hydrogens (tertiary/aromatic N) is 4. The number of fused-ring (bicyclic) bond motifs is 1. The number of aryl methyl sites for hydroxylation is 2. The van der Waals surface area contributed by atoms with E-state index < -0.39 is 0 Å². The molecule has 6 heteroatoms. The van der Waals surface area contributed by atoms with E-state index in [1.54, 1.807) is 14.2 Å². The Balaban J connectivity index is 2.28. The van der Waals surface area contributed by atoms with E-state index in [-0.39, 0.29) is 0 Å². The lowest BCUT2D eigenvalue weighted by Crippen LogP contribution is -2.27. The van der Waals surface area contributed by atoms with Gasteiger partial charge in [0.1, 0.15) is 11.5 Å². The highest BCUT2D eigenvalue weighted by molar-refractivity contribution is 5.85. The SMILES string of the molecule is CCCN(CCC)c1c(CC)nc2c(-c3c(C)cc(OC)cc3OC)ccnn12. The first-order valence-electron chi connectivity index (χ1n) is 10.4. The Kier molecular flexibility index (Phi) is 6.62. The van der Waals surface area contributed by atoms with Crippen LogP contribution in [0, 0.1) is 6.92 Å². The van der Waals surface area contributed by atoms with Crippen molar-refractivity contribution >= 4 is 11.5 Å². The molecule has 0 amide bonds. The highest BCUT2D eigenvalue weighted by Gasteiger charge is 2.22. The number of methoxy groups -OCH3 is 2. The molecule has 0 fully saturated rings. The summed E-state index contributed by atoms with van der Waals surface area (Å²) in [5, 5.41) is 4.69. The van der Waals surface area contributed by atoms with Crippen molar-refractivity contribution in [3.05, 3.63) is 35.7 Å². The van der Waals surface area contributed by atoms with E-state index in [1.165, 1.54) is 0 Å². The maximum Gasteiger partial charge on any atom is 0.164 e. The van der Waals surface area contributed by atoms with E-state index >= 15 is 0 Å². The molecule has 1 aromatic carbocycles. The quantitative estimate of drug-likeness (QED) is 0.514. The van der Waals surface area contributed by atoms with Crippen molar-refractivity contribution < 1.29 is 9.47 Å². The van der Waals surface area contributed by atoms with Crippen LogP contribution in [-0.4, -0.2) is 41.9 Å². The van der Waals surface area contributed by atoms with Crippen LogP contribution in [-0.2, 0) is 6.42 Å². The van der Waals surface area contributed by atoms with Crippen molar-refractivity contribution in [1.82, 2.24) is 14.6 Å². The normalized spacial score (nSPS) is 11.1. The van der Waals surface area contributed by atoms with Crippen molar-refractivity contribution in [3.8, 4) is 22.6 Å². The van der Waals surface area contributed by atoms with Crippen LogP contribution in [0.25, 0.3) is 16.8 Å². The van der Waals surface area contributed by atoms with Gasteiger partial charge in [-0.25, -0.2) is 4.98 Å². The van der Waals surface area contributed by atoms with Gasteiger partial charge in [0.05, 0.1) is 19.9 Å². The molecule has 0 radical (unpaired) electrons. The zero-order valence-electron chi connectivity index (χ0n) is 18.5. The van der Waals surface area contributed by atoms with Crippen molar-refractivity contribution in [3.63, 3.8) is 0 Å². The van der Waals surface area contributed by atoms with Gasteiger partial charge in [0.15, 0.2) is 11.5 Å². The van der Waals surface area contributed by atoms with Gasteiger partial charge in [-0.1, -0.05) is 20.8 Å². The summed E-state index contributed by atoms with van der Waals surface area (Å²) in [5.41, 5.74) is 5.07. The standard InChI is InChI=1S/C23H32N4O2/c1-7-12-26(13-8-2)23-19(9-3)25-22-18(10-11-24-27(22)23)21-16(4)14-17(28-5)15-20(21)29-6/h10-11,14-15H,7-9,12-13H2,1-6H3. The van der Waals surface area contributed by atoms with E-state index in [4.69, 9.17) is 14.5 Å². The Morgan fingerprint density at radius 2 is 1.76 bits per heavy atom. The Morgan fingerprint density at radius 3 is 2.34 bits per heavy atom. The molecule has 6 nitrogen and oxygen atoms in total. The molecule has 29 heavy (non-hydrogen) atoms. The van der Waals surface area contributed by atoms with E-state index in [9.17, 15) is 0 Å². The van der Waals surface area contributed by atoms with Crippen LogP contribution in [0.3, 0.4) is 0 Å². The molecule has 3 rings (SSSR count). The van der Waals surface area contributed by atoms with Crippen molar-refractivity contribution in [1.29, 1.82) is 0 Å². The maximum absolute atomic E-state index is 5.71. The molecule has 0 saturated heterocycles. The lowest BCUT2D eigenvalue weighted by atomic mass is 10.0. The molecule has 2 heterocycles. The molecular weight excluding hydrogens is 364 g/mol. The zero-order chi connectivity index (χ0) is 21.0. The molecule has 0 saturated carbocycles. The van der Waals surface area contributed by atoms with Crippen LogP contribution >= 0.6 is 0 Å². The van der Waals surface area contributed by atoms with Gasteiger partial charge in [-0.2, -0.15) is 9.61 Å². The predicted octanol–water partition coefficient (Wildman–Crippen LogP) is 4.91. The maximum atomic E-state index is 5.71. The molecule has 0 spiro atoms. The zero-order valence-corrected chi connectivity index (χ0v) is 18.5. The number of ether oxygens (including phenoxy) is 2. The summed E-state index contributed by atoms with van der Waals surface area (Å²) in [6, 6.07) is 5.97. The van der Waals surface area contributed by atoms with Crippen LogP contribution in [0.4, 0.5) is 5.82 Å². The third-order valence-corrected chi connectivity index (χ3v) is 5.18. The van der Waals surface area contributed by atoms with Crippen LogP contribution < -0.4 is 14.4 Å². The fourth-order valence-corrected chi connectivity index (χ4v) is 3.94. The molecule has 0 aliphatic heterocycles. The Morgan fingerprint density at radius 1 is 1.03 bits per heavy atom.